The molecule has 3 aliphatic heterocycles. The molecule has 3 aliphatic rings. The monoisotopic (exact) mass is 409 g/mol. The zero-order valence-electron chi connectivity index (χ0n) is 17.6. The number of carbonyl (C=O) groups excluding carboxylic acids is 1. The van der Waals surface area contributed by atoms with E-state index < -0.39 is 0 Å². The van der Waals surface area contributed by atoms with E-state index in [-0.39, 0.29) is 5.41 Å². The van der Waals surface area contributed by atoms with Crippen molar-refractivity contribution in [3.63, 3.8) is 0 Å². The minimum Gasteiger partial charge on any atom is -0.379 e. The number of ether oxygens (including phenoxy) is 1. The standard InChI is InChI=1S/C23H31N5O2/c29-22-23(7-9-27(22)11-10-25-12-14-30-15-13-25)6-8-26(19-23)17-20-16-24-28(18-20)21-4-2-1-3-5-21/h1-5,16,18H,6-15,17,19H2. The van der Waals surface area contributed by atoms with E-state index in [2.05, 4.69) is 38.1 Å². The first kappa shape index (κ1) is 19.7. The second-order valence-electron chi connectivity index (χ2n) is 8.87. The van der Waals surface area contributed by atoms with Crippen LogP contribution in [0.3, 0.4) is 0 Å². The van der Waals surface area contributed by atoms with Gasteiger partial charge >= 0.3 is 0 Å². The Bertz CT molecular complexity index is 863. The second-order valence-corrected chi connectivity index (χ2v) is 8.87. The molecule has 2 aromatic rings. The van der Waals surface area contributed by atoms with E-state index in [1.807, 2.05) is 29.1 Å². The van der Waals surface area contributed by atoms with E-state index in [9.17, 15) is 4.79 Å². The van der Waals surface area contributed by atoms with Crippen LogP contribution in [-0.2, 0) is 16.1 Å². The average molecular weight is 410 g/mol. The van der Waals surface area contributed by atoms with Crippen molar-refractivity contribution in [2.24, 2.45) is 5.41 Å². The minimum atomic E-state index is -0.166. The van der Waals surface area contributed by atoms with Gasteiger partial charge in [0.05, 0.1) is 30.5 Å². The van der Waals surface area contributed by atoms with Crippen LogP contribution in [-0.4, -0.2) is 89.4 Å². The van der Waals surface area contributed by atoms with Crippen molar-refractivity contribution in [2.75, 3.05) is 59.0 Å². The predicted molar refractivity (Wildman–Crippen MR) is 114 cm³/mol. The topological polar surface area (TPSA) is 53.8 Å². The quantitative estimate of drug-likeness (QED) is 0.726. The number of rotatable bonds is 6. The molecule has 1 amide bonds. The lowest BCUT2D eigenvalue weighted by molar-refractivity contribution is -0.135. The molecule has 7 nitrogen and oxygen atoms in total. The molecule has 0 N–H and O–H groups in total. The number of morpholine rings is 1. The Labute approximate surface area is 178 Å². The second kappa shape index (κ2) is 8.49. The van der Waals surface area contributed by atoms with E-state index in [0.717, 1.165) is 84.1 Å². The molecule has 0 aliphatic carbocycles. The Morgan fingerprint density at radius 2 is 1.77 bits per heavy atom. The van der Waals surface area contributed by atoms with Gasteiger partial charge < -0.3 is 9.64 Å². The van der Waals surface area contributed by atoms with Crippen molar-refractivity contribution in [2.45, 2.75) is 19.4 Å². The molecule has 0 bridgehead atoms. The number of likely N-dealkylation sites (tertiary alicyclic amines) is 2. The zero-order valence-corrected chi connectivity index (χ0v) is 17.6. The normalized spacial score (nSPS) is 25.6. The van der Waals surface area contributed by atoms with Gasteiger partial charge in [0.25, 0.3) is 0 Å². The maximum atomic E-state index is 13.2. The first-order valence-corrected chi connectivity index (χ1v) is 11.1. The molecule has 1 aromatic carbocycles. The highest BCUT2D eigenvalue weighted by Gasteiger charge is 2.50. The summed E-state index contributed by atoms with van der Waals surface area (Å²) in [7, 11) is 0. The van der Waals surface area contributed by atoms with Crippen LogP contribution in [0.15, 0.2) is 42.7 Å². The Kier molecular flexibility index (Phi) is 5.58. The third-order valence-electron chi connectivity index (χ3n) is 6.89. The lowest BCUT2D eigenvalue weighted by atomic mass is 9.85. The number of hydrogen-bond acceptors (Lipinski definition) is 5. The van der Waals surface area contributed by atoms with E-state index >= 15 is 0 Å². The molecule has 30 heavy (non-hydrogen) atoms. The third-order valence-corrected chi connectivity index (χ3v) is 6.89. The molecule has 1 aromatic heterocycles. The van der Waals surface area contributed by atoms with Crippen molar-refractivity contribution >= 4 is 5.91 Å². The van der Waals surface area contributed by atoms with Crippen LogP contribution in [0.5, 0.6) is 0 Å². The van der Waals surface area contributed by atoms with Gasteiger partial charge in [0, 0.05) is 57.6 Å². The Morgan fingerprint density at radius 1 is 0.967 bits per heavy atom. The molecule has 7 heteroatoms. The summed E-state index contributed by atoms with van der Waals surface area (Å²) in [5.41, 5.74) is 2.11. The molecule has 1 spiro atoms. The van der Waals surface area contributed by atoms with Gasteiger partial charge in [-0.3, -0.25) is 14.6 Å². The maximum absolute atomic E-state index is 13.2. The van der Waals surface area contributed by atoms with Gasteiger partial charge in [-0.15, -0.1) is 0 Å². The lowest BCUT2D eigenvalue weighted by Crippen LogP contribution is -2.43. The Morgan fingerprint density at radius 3 is 2.60 bits per heavy atom. The number of amides is 1. The first-order valence-electron chi connectivity index (χ1n) is 11.1. The average Bonchev–Trinajstić information content (AvgIpc) is 3.50. The Balaban J connectivity index is 1.15. The van der Waals surface area contributed by atoms with Crippen LogP contribution in [0.4, 0.5) is 0 Å². The fourth-order valence-corrected chi connectivity index (χ4v) is 5.09. The molecule has 5 rings (SSSR count). The molecular weight excluding hydrogens is 378 g/mol. The molecule has 160 valence electrons. The van der Waals surface area contributed by atoms with Gasteiger partial charge in [0.15, 0.2) is 0 Å². The van der Waals surface area contributed by atoms with Crippen molar-refractivity contribution in [1.29, 1.82) is 0 Å². The Hall–Kier alpha value is -2.22. The van der Waals surface area contributed by atoms with E-state index in [1.165, 1.54) is 5.56 Å². The lowest BCUT2D eigenvalue weighted by Gasteiger charge is -2.29. The number of aromatic nitrogens is 2. The van der Waals surface area contributed by atoms with Crippen molar-refractivity contribution < 1.29 is 9.53 Å². The minimum absolute atomic E-state index is 0.166. The SMILES string of the molecule is O=C1N(CCN2CCOCC2)CCC12CCN(Cc1cnn(-c3ccccc3)c1)C2. The van der Waals surface area contributed by atoms with Gasteiger partial charge in [-0.25, -0.2) is 4.68 Å². The maximum Gasteiger partial charge on any atom is 0.230 e. The number of nitrogens with zero attached hydrogens (tertiary/aromatic N) is 5. The van der Waals surface area contributed by atoms with Crippen LogP contribution in [0.2, 0.25) is 0 Å². The predicted octanol–water partition coefficient (Wildman–Crippen LogP) is 1.63. The fraction of sp³-hybridized carbons (Fsp3) is 0.565. The summed E-state index contributed by atoms with van der Waals surface area (Å²) in [6.07, 6.45) is 6.02. The van der Waals surface area contributed by atoms with Gasteiger partial charge in [0.1, 0.15) is 0 Å². The smallest absolute Gasteiger partial charge is 0.230 e. The highest BCUT2D eigenvalue weighted by Crippen LogP contribution is 2.41. The summed E-state index contributed by atoms with van der Waals surface area (Å²) >= 11 is 0. The number of benzene rings is 1. The number of carbonyl (C=O) groups is 1. The van der Waals surface area contributed by atoms with Crippen molar-refractivity contribution in [3.05, 3.63) is 48.3 Å². The molecular formula is C23H31N5O2. The number of para-hydroxylation sites is 1. The largest absolute Gasteiger partial charge is 0.379 e. The summed E-state index contributed by atoms with van der Waals surface area (Å²) in [5.74, 6) is 0.373. The van der Waals surface area contributed by atoms with Crippen LogP contribution < -0.4 is 0 Å². The van der Waals surface area contributed by atoms with Crippen molar-refractivity contribution in [1.82, 2.24) is 24.5 Å². The molecule has 4 heterocycles. The van der Waals surface area contributed by atoms with E-state index in [1.54, 1.807) is 0 Å². The highest BCUT2D eigenvalue weighted by atomic mass is 16.5. The summed E-state index contributed by atoms with van der Waals surface area (Å²) in [4.78, 5) is 20.2. The summed E-state index contributed by atoms with van der Waals surface area (Å²) in [6.45, 7) is 9.03. The van der Waals surface area contributed by atoms with Gasteiger partial charge in [-0.1, -0.05) is 18.2 Å². The van der Waals surface area contributed by atoms with Gasteiger partial charge in [-0.05, 0) is 31.5 Å². The van der Waals surface area contributed by atoms with Crippen molar-refractivity contribution in [3.8, 4) is 5.69 Å². The molecule has 1 unspecified atom stereocenters. The van der Waals surface area contributed by atoms with Gasteiger partial charge in [0.2, 0.25) is 5.91 Å². The summed E-state index contributed by atoms with van der Waals surface area (Å²) < 4.78 is 7.35. The van der Waals surface area contributed by atoms with Gasteiger partial charge in [-0.2, -0.15) is 5.10 Å². The fourth-order valence-electron chi connectivity index (χ4n) is 5.09. The summed E-state index contributed by atoms with van der Waals surface area (Å²) in [6, 6.07) is 10.2. The third kappa shape index (κ3) is 4.02. The molecule has 3 saturated heterocycles. The zero-order chi connectivity index (χ0) is 20.4. The summed E-state index contributed by atoms with van der Waals surface area (Å²) in [5, 5.41) is 4.51. The number of hydrogen-bond donors (Lipinski definition) is 0. The molecule has 0 saturated carbocycles. The van der Waals surface area contributed by atoms with E-state index in [0.29, 0.717) is 5.91 Å². The van der Waals surface area contributed by atoms with Crippen LogP contribution in [0.1, 0.15) is 18.4 Å². The van der Waals surface area contributed by atoms with Crippen LogP contribution in [0.25, 0.3) is 5.69 Å². The molecule has 1 atom stereocenters. The molecule has 3 fully saturated rings. The first-order chi connectivity index (χ1) is 14.7. The van der Waals surface area contributed by atoms with Crippen LogP contribution >= 0.6 is 0 Å². The van der Waals surface area contributed by atoms with Crippen LogP contribution in [0, 0.1) is 5.41 Å². The van der Waals surface area contributed by atoms with E-state index in [4.69, 9.17) is 4.74 Å². The molecule has 0 radical (unpaired) electrons. The highest BCUT2D eigenvalue weighted by molar-refractivity contribution is 5.85.